The zero-order chi connectivity index (χ0) is 17.0. The molecule has 0 spiro atoms. The van der Waals surface area contributed by atoms with Gasteiger partial charge >= 0.3 is 6.09 Å². The number of ether oxygens (including phenoxy) is 1. The standard InChI is InChI=1S/C18H23N3O2/c1-12-8-9-16(15(19)10-12)20-13-6-5-7-14(11-13)21-17(22)23-18(2,3)4/h5-11,20H,19H2,1-4H3,(H,21,22). The summed E-state index contributed by atoms with van der Waals surface area (Å²) in [4.78, 5) is 11.8. The van der Waals surface area contributed by atoms with Crippen molar-refractivity contribution < 1.29 is 9.53 Å². The molecule has 0 aliphatic heterocycles. The van der Waals surface area contributed by atoms with Crippen molar-refractivity contribution in [2.45, 2.75) is 33.3 Å². The predicted molar refractivity (Wildman–Crippen MR) is 95.2 cm³/mol. The zero-order valence-corrected chi connectivity index (χ0v) is 13.9. The molecular formula is C18H23N3O2. The Balaban J connectivity index is 2.09. The average Bonchev–Trinajstić information content (AvgIpc) is 2.40. The Bertz CT molecular complexity index is 706. The van der Waals surface area contributed by atoms with Crippen molar-refractivity contribution in [1.82, 2.24) is 0 Å². The number of hydrogen-bond donors (Lipinski definition) is 3. The molecule has 4 N–H and O–H groups in total. The van der Waals surface area contributed by atoms with Gasteiger partial charge in [0.05, 0.1) is 11.4 Å². The highest BCUT2D eigenvalue weighted by Gasteiger charge is 2.16. The minimum absolute atomic E-state index is 0.482. The van der Waals surface area contributed by atoms with Crippen LogP contribution >= 0.6 is 0 Å². The van der Waals surface area contributed by atoms with Gasteiger partial charge in [-0.25, -0.2) is 4.79 Å². The largest absolute Gasteiger partial charge is 0.444 e. The van der Waals surface area contributed by atoms with Crippen molar-refractivity contribution in [3.63, 3.8) is 0 Å². The second kappa shape index (κ2) is 6.60. The molecule has 5 heteroatoms. The number of carbonyl (C=O) groups excluding carboxylic acids is 1. The van der Waals surface area contributed by atoms with Crippen LogP contribution < -0.4 is 16.4 Å². The molecule has 0 aliphatic carbocycles. The van der Waals surface area contributed by atoms with E-state index in [9.17, 15) is 4.79 Å². The summed E-state index contributed by atoms with van der Waals surface area (Å²) in [6, 6.07) is 13.2. The number of rotatable bonds is 3. The van der Waals surface area contributed by atoms with Crippen molar-refractivity contribution in [2.75, 3.05) is 16.4 Å². The maximum Gasteiger partial charge on any atom is 0.412 e. The zero-order valence-electron chi connectivity index (χ0n) is 13.9. The third-order valence-electron chi connectivity index (χ3n) is 2.99. The Hall–Kier alpha value is -2.69. The van der Waals surface area contributed by atoms with Gasteiger partial charge in [0.15, 0.2) is 0 Å². The lowest BCUT2D eigenvalue weighted by Crippen LogP contribution is -2.27. The van der Waals surface area contributed by atoms with Gasteiger partial charge in [-0.15, -0.1) is 0 Å². The molecule has 2 aromatic carbocycles. The van der Waals surface area contributed by atoms with E-state index >= 15 is 0 Å². The first kappa shape index (κ1) is 16.7. The molecule has 1 amide bonds. The first-order valence-electron chi connectivity index (χ1n) is 7.46. The van der Waals surface area contributed by atoms with Crippen molar-refractivity contribution in [1.29, 1.82) is 0 Å². The number of aryl methyl sites for hydroxylation is 1. The molecule has 23 heavy (non-hydrogen) atoms. The third-order valence-corrected chi connectivity index (χ3v) is 2.99. The van der Waals surface area contributed by atoms with Crippen LogP contribution in [0.4, 0.5) is 27.5 Å². The molecule has 0 aliphatic rings. The van der Waals surface area contributed by atoms with Gasteiger partial charge in [-0.2, -0.15) is 0 Å². The van der Waals surface area contributed by atoms with E-state index in [1.165, 1.54) is 0 Å². The van der Waals surface area contributed by atoms with E-state index in [0.29, 0.717) is 11.4 Å². The number of nitrogens with one attached hydrogen (secondary N) is 2. The van der Waals surface area contributed by atoms with Crippen molar-refractivity contribution >= 4 is 28.8 Å². The summed E-state index contributed by atoms with van der Waals surface area (Å²) in [5.41, 5.74) is 9.56. The second-order valence-corrected chi connectivity index (χ2v) is 6.42. The maximum atomic E-state index is 11.8. The van der Waals surface area contributed by atoms with E-state index in [2.05, 4.69) is 10.6 Å². The molecular weight excluding hydrogens is 290 g/mol. The Morgan fingerprint density at radius 3 is 2.43 bits per heavy atom. The van der Waals surface area contributed by atoms with E-state index in [4.69, 9.17) is 10.5 Å². The van der Waals surface area contributed by atoms with Crippen LogP contribution in [-0.4, -0.2) is 11.7 Å². The van der Waals surface area contributed by atoms with Crippen LogP contribution in [0.3, 0.4) is 0 Å². The van der Waals surface area contributed by atoms with Crippen molar-refractivity contribution in [3.8, 4) is 0 Å². The Morgan fingerprint density at radius 2 is 1.78 bits per heavy atom. The Morgan fingerprint density at radius 1 is 1.09 bits per heavy atom. The highest BCUT2D eigenvalue weighted by Crippen LogP contribution is 2.25. The number of anilines is 4. The van der Waals surface area contributed by atoms with Crippen LogP contribution in [0, 0.1) is 6.92 Å². The summed E-state index contributed by atoms with van der Waals surface area (Å²) in [7, 11) is 0. The molecule has 0 atom stereocenters. The molecule has 122 valence electrons. The number of amides is 1. The third kappa shape index (κ3) is 5.21. The van der Waals surface area contributed by atoms with Crippen LogP contribution in [-0.2, 0) is 4.74 Å². The molecule has 0 saturated carbocycles. The van der Waals surface area contributed by atoms with Gasteiger partial charge in [0.2, 0.25) is 0 Å². The van der Waals surface area contributed by atoms with E-state index in [-0.39, 0.29) is 0 Å². The first-order valence-corrected chi connectivity index (χ1v) is 7.46. The normalized spacial score (nSPS) is 11.0. The molecule has 0 fully saturated rings. The van der Waals surface area contributed by atoms with Gasteiger partial charge in [0.25, 0.3) is 0 Å². The summed E-state index contributed by atoms with van der Waals surface area (Å²) in [5.74, 6) is 0. The molecule has 5 nitrogen and oxygen atoms in total. The van der Waals surface area contributed by atoms with E-state index in [0.717, 1.165) is 16.9 Å². The summed E-state index contributed by atoms with van der Waals surface area (Å²) < 4.78 is 5.24. The van der Waals surface area contributed by atoms with Crippen molar-refractivity contribution in [3.05, 3.63) is 48.0 Å². The summed E-state index contributed by atoms with van der Waals surface area (Å²) in [6.07, 6.45) is -0.482. The molecule has 0 aromatic heterocycles. The number of nitrogens with two attached hydrogens (primary N) is 1. The van der Waals surface area contributed by atoms with Crippen molar-refractivity contribution in [2.24, 2.45) is 0 Å². The number of hydrogen-bond acceptors (Lipinski definition) is 4. The Labute approximate surface area is 136 Å². The molecule has 0 saturated heterocycles. The molecule has 0 bridgehead atoms. The highest BCUT2D eigenvalue weighted by atomic mass is 16.6. The lowest BCUT2D eigenvalue weighted by atomic mass is 10.2. The van der Waals surface area contributed by atoms with Crippen LogP contribution in [0.25, 0.3) is 0 Å². The molecule has 0 heterocycles. The van der Waals surface area contributed by atoms with Gasteiger partial charge in [0, 0.05) is 11.4 Å². The lowest BCUT2D eigenvalue weighted by molar-refractivity contribution is 0.0636. The molecule has 0 unspecified atom stereocenters. The van der Waals surface area contributed by atoms with Crippen LogP contribution in [0.15, 0.2) is 42.5 Å². The monoisotopic (exact) mass is 313 g/mol. The summed E-state index contributed by atoms with van der Waals surface area (Å²) >= 11 is 0. The maximum absolute atomic E-state index is 11.8. The quantitative estimate of drug-likeness (QED) is 0.720. The first-order chi connectivity index (χ1) is 10.7. The fraction of sp³-hybridized carbons (Fsp3) is 0.278. The summed E-state index contributed by atoms with van der Waals surface area (Å²) in [6.45, 7) is 7.46. The average molecular weight is 313 g/mol. The van der Waals surface area contributed by atoms with Gasteiger partial charge in [0.1, 0.15) is 5.60 Å². The van der Waals surface area contributed by atoms with Crippen LogP contribution in [0.2, 0.25) is 0 Å². The van der Waals surface area contributed by atoms with Crippen LogP contribution in [0.5, 0.6) is 0 Å². The number of benzene rings is 2. The minimum Gasteiger partial charge on any atom is -0.444 e. The Kier molecular flexibility index (Phi) is 4.79. The van der Waals surface area contributed by atoms with E-state index in [1.54, 1.807) is 6.07 Å². The van der Waals surface area contributed by atoms with Gasteiger partial charge in [-0.1, -0.05) is 12.1 Å². The number of carbonyl (C=O) groups is 1. The van der Waals surface area contributed by atoms with Gasteiger partial charge < -0.3 is 15.8 Å². The predicted octanol–water partition coefficient (Wildman–Crippen LogP) is 4.67. The smallest absolute Gasteiger partial charge is 0.412 e. The molecule has 2 aromatic rings. The molecule has 0 radical (unpaired) electrons. The highest BCUT2D eigenvalue weighted by molar-refractivity contribution is 5.86. The summed E-state index contributed by atoms with van der Waals surface area (Å²) in [5, 5.41) is 5.96. The van der Waals surface area contributed by atoms with Crippen LogP contribution in [0.1, 0.15) is 26.3 Å². The lowest BCUT2D eigenvalue weighted by Gasteiger charge is -2.20. The van der Waals surface area contributed by atoms with Gasteiger partial charge in [-0.05, 0) is 63.6 Å². The van der Waals surface area contributed by atoms with E-state index in [1.807, 2.05) is 64.1 Å². The fourth-order valence-electron chi connectivity index (χ4n) is 2.05. The minimum atomic E-state index is -0.531. The second-order valence-electron chi connectivity index (χ2n) is 6.42. The number of nitrogen functional groups attached to an aromatic ring is 1. The fourth-order valence-corrected chi connectivity index (χ4v) is 2.05. The van der Waals surface area contributed by atoms with E-state index < -0.39 is 11.7 Å². The SMILES string of the molecule is Cc1ccc(Nc2cccc(NC(=O)OC(C)(C)C)c2)c(N)c1. The van der Waals surface area contributed by atoms with Gasteiger partial charge in [-0.3, -0.25) is 5.32 Å². The molecule has 2 rings (SSSR count). The topological polar surface area (TPSA) is 76.4 Å².